The van der Waals surface area contributed by atoms with Crippen molar-refractivity contribution in [3.05, 3.63) is 46.6 Å². The molecule has 6 heteroatoms. The largest absolute Gasteiger partial charge is 0.362 e. The Kier molecular flexibility index (Phi) is 5.81. The number of hydrogen-bond acceptors (Lipinski definition) is 5. The summed E-state index contributed by atoms with van der Waals surface area (Å²) in [5.74, 6) is 2.39. The van der Waals surface area contributed by atoms with E-state index in [4.69, 9.17) is 0 Å². The highest BCUT2D eigenvalue weighted by molar-refractivity contribution is 7.98. The molecule has 1 saturated carbocycles. The third kappa shape index (κ3) is 4.75. The topological polar surface area (TPSA) is 58.1 Å². The molecule has 0 bridgehead atoms. The molecule has 5 nitrogen and oxygen atoms in total. The summed E-state index contributed by atoms with van der Waals surface area (Å²) in [5, 5.41) is 3.78. The molecule has 0 unspecified atom stereocenters. The number of anilines is 1. The second kappa shape index (κ2) is 8.08. The lowest BCUT2D eigenvalue weighted by Crippen LogP contribution is -2.25. The SMILES string of the molecule is Cc1nc(SCc2cccc(C(=O)NCC3CC3)c2)nc(N(C)C)c1C. The molecule has 2 aromatic rings. The highest BCUT2D eigenvalue weighted by Gasteiger charge is 2.21. The Morgan fingerprint density at radius 1 is 1.27 bits per heavy atom. The molecule has 0 atom stereocenters. The highest BCUT2D eigenvalue weighted by Crippen LogP contribution is 2.28. The smallest absolute Gasteiger partial charge is 0.251 e. The minimum Gasteiger partial charge on any atom is -0.362 e. The van der Waals surface area contributed by atoms with E-state index in [1.54, 1.807) is 11.8 Å². The van der Waals surface area contributed by atoms with Gasteiger partial charge in [0.15, 0.2) is 5.16 Å². The molecule has 1 aromatic heterocycles. The fraction of sp³-hybridized carbons (Fsp3) is 0.450. The van der Waals surface area contributed by atoms with Crippen LogP contribution >= 0.6 is 11.8 Å². The van der Waals surface area contributed by atoms with Gasteiger partial charge in [0.2, 0.25) is 0 Å². The number of thioether (sulfide) groups is 1. The Bertz CT molecular complexity index is 802. The number of rotatable bonds is 7. The molecule has 0 saturated heterocycles. The van der Waals surface area contributed by atoms with E-state index in [2.05, 4.69) is 15.3 Å². The number of amides is 1. The number of aromatic nitrogens is 2. The first-order chi connectivity index (χ1) is 12.4. The van der Waals surface area contributed by atoms with Crippen LogP contribution in [0.5, 0.6) is 0 Å². The van der Waals surface area contributed by atoms with Gasteiger partial charge in [-0.05, 0) is 50.3 Å². The molecule has 1 heterocycles. The zero-order valence-corrected chi connectivity index (χ0v) is 16.7. The molecule has 0 spiro atoms. The Labute approximate surface area is 159 Å². The Morgan fingerprint density at radius 3 is 2.73 bits per heavy atom. The molecule has 1 aliphatic carbocycles. The Morgan fingerprint density at radius 2 is 2.04 bits per heavy atom. The van der Waals surface area contributed by atoms with Gasteiger partial charge in [0.25, 0.3) is 5.91 Å². The summed E-state index contributed by atoms with van der Waals surface area (Å²) in [5.41, 5.74) is 3.93. The molecule has 1 amide bonds. The van der Waals surface area contributed by atoms with Crippen molar-refractivity contribution in [1.29, 1.82) is 0 Å². The molecule has 1 aliphatic rings. The van der Waals surface area contributed by atoms with E-state index in [0.717, 1.165) is 45.7 Å². The first-order valence-corrected chi connectivity index (χ1v) is 9.95. The second-order valence-corrected chi connectivity index (χ2v) is 8.02. The van der Waals surface area contributed by atoms with Crippen LogP contribution in [0.25, 0.3) is 0 Å². The Balaban J connectivity index is 1.66. The molecular formula is C20H26N4OS. The third-order valence-corrected chi connectivity index (χ3v) is 5.49. The van der Waals surface area contributed by atoms with Gasteiger partial charge in [0.1, 0.15) is 5.82 Å². The molecule has 26 heavy (non-hydrogen) atoms. The van der Waals surface area contributed by atoms with Crippen molar-refractivity contribution in [2.75, 3.05) is 25.5 Å². The van der Waals surface area contributed by atoms with Crippen molar-refractivity contribution in [3.63, 3.8) is 0 Å². The molecule has 138 valence electrons. The van der Waals surface area contributed by atoms with Gasteiger partial charge in [0, 0.05) is 43.2 Å². The van der Waals surface area contributed by atoms with Crippen LogP contribution in [0, 0.1) is 19.8 Å². The van der Waals surface area contributed by atoms with E-state index in [9.17, 15) is 4.79 Å². The minimum atomic E-state index is 0.0149. The third-order valence-electron chi connectivity index (χ3n) is 4.57. The summed E-state index contributed by atoms with van der Waals surface area (Å²) in [7, 11) is 3.99. The van der Waals surface area contributed by atoms with E-state index in [1.165, 1.54) is 12.8 Å². The van der Waals surface area contributed by atoms with Crippen LogP contribution in [-0.4, -0.2) is 36.5 Å². The van der Waals surface area contributed by atoms with Gasteiger partial charge in [-0.1, -0.05) is 23.9 Å². The van der Waals surface area contributed by atoms with Gasteiger partial charge >= 0.3 is 0 Å². The van der Waals surface area contributed by atoms with Gasteiger partial charge in [-0.15, -0.1) is 0 Å². The first kappa shape index (κ1) is 18.7. The van der Waals surface area contributed by atoms with E-state index < -0.39 is 0 Å². The Hall–Kier alpha value is -2.08. The maximum atomic E-state index is 12.3. The van der Waals surface area contributed by atoms with Crippen LogP contribution in [-0.2, 0) is 5.75 Å². The fourth-order valence-electron chi connectivity index (χ4n) is 2.70. The van der Waals surface area contributed by atoms with Gasteiger partial charge in [-0.25, -0.2) is 9.97 Å². The molecule has 0 aliphatic heterocycles. The van der Waals surface area contributed by atoms with Crippen LogP contribution in [0.1, 0.15) is 40.0 Å². The predicted molar refractivity (Wildman–Crippen MR) is 107 cm³/mol. The number of carbonyl (C=O) groups excluding carboxylic acids is 1. The van der Waals surface area contributed by atoms with Crippen LogP contribution in [0.15, 0.2) is 29.4 Å². The average Bonchev–Trinajstić information content (AvgIpc) is 3.45. The number of nitrogens with one attached hydrogen (secondary N) is 1. The van der Waals surface area contributed by atoms with Crippen molar-refractivity contribution in [2.24, 2.45) is 5.92 Å². The van der Waals surface area contributed by atoms with Crippen molar-refractivity contribution >= 4 is 23.5 Å². The van der Waals surface area contributed by atoms with Crippen molar-refractivity contribution in [3.8, 4) is 0 Å². The molecule has 1 N–H and O–H groups in total. The maximum absolute atomic E-state index is 12.3. The zero-order valence-electron chi connectivity index (χ0n) is 15.9. The van der Waals surface area contributed by atoms with E-state index in [1.807, 2.05) is 57.1 Å². The summed E-state index contributed by atoms with van der Waals surface area (Å²) in [6, 6.07) is 7.81. The highest BCUT2D eigenvalue weighted by atomic mass is 32.2. The quantitative estimate of drug-likeness (QED) is 0.596. The van der Waals surface area contributed by atoms with Crippen molar-refractivity contribution in [2.45, 2.75) is 37.6 Å². The molecule has 1 fully saturated rings. The summed E-state index contributed by atoms with van der Waals surface area (Å²) in [4.78, 5) is 23.5. The van der Waals surface area contributed by atoms with Crippen LogP contribution in [0.4, 0.5) is 5.82 Å². The van der Waals surface area contributed by atoms with E-state index in [-0.39, 0.29) is 5.91 Å². The molecular weight excluding hydrogens is 344 g/mol. The fourth-order valence-corrected chi connectivity index (χ4v) is 3.53. The van der Waals surface area contributed by atoms with Gasteiger partial charge in [0.05, 0.1) is 0 Å². The average molecular weight is 371 g/mol. The first-order valence-electron chi connectivity index (χ1n) is 8.96. The zero-order chi connectivity index (χ0) is 18.7. The number of benzene rings is 1. The van der Waals surface area contributed by atoms with Crippen LogP contribution in [0.3, 0.4) is 0 Å². The summed E-state index contributed by atoms with van der Waals surface area (Å²) in [6.07, 6.45) is 2.48. The van der Waals surface area contributed by atoms with E-state index >= 15 is 0 Å². The molecule has 3 rings (SSSR count). The predicted octanol–water partition coefficient (Wildman–Crippen LogP) is 3.59. The molecule has 1 aromatic carbocycles. The number of carbonyl (C=O) groups is 1. The summed E-state index contributed by atoms with van der Waals surface area (Å²) >= 11 is 1.60. The van der Waals surface area contributed by atoms with Gasteiger partial charge in [-0.2, -0.15) is 0 Å². The van der Waals surface area contributed by atoms with Gasteiger partial charge in [-0.3, -0.25) is 4.79 Å². The lowest BCUT2D eigenvalue weighted by atomic mass is 10.1. The lowest BCUT2D eigenvalue weighted by Gasteiger charge is -2.16. The second-order valence-electron chi connectivity index (χ2n) is 7.08. The lowest BCUT2D eigenvalue weighted by molar-refractivity contribution is 0.0951. The van der Waals surface area contributed by atoms with Crippen molar-refractivity contribution < 1.29 is 4.79 Å². The van der Waals surface area contributed by atoms with Gasteiger partial charge < -0.3 is 10.2 Å². The minimum absolute atomic E-state index is 0.0149. The monoisotopic (exact) mass is 370 g/mol. The summed E-state index contributed by atoms with van der Waals surface area (Å²) in [6.45, 7) is 4.85. The van der Waals surface area contributed by atoms with Crippen LogP contribution < -0.4 is 10.2 Å². The number of hydrogen-bond donors (Lipinski definition) is 1. The molecule has 0 radical (unpaired) electrons. The van der Waals surface area contributed by atoms with Crippen molar-refractivity contribution in [1.82, 2.24) is 15.3 Å². The van der Waals surface area contributed by atoms with E-state index in [0.29, 0.717) is 5.92 Å². The number of nitrogens with zero attached hydrogens (tertiary/aromatic N) is 3. The maximum Gasteiger partial charge on any atom is 0.251 e. The number of aryl methyl sites for hydroxylation is 1. The normalized spacial score (nSPS) is 13.5. The standard InChI is InChI=1S/C20H26N4OS/c1-13-14(2)22-20(23-18(13)24(3)4)26-12-16-6-5-7-17(10-16)19(25)21-11-15-8-9-15/h5-7,10,15H,8-9,11-12H2,1-4H3,(H,21,25). The summed E-state index contributed by atoms with van der Waals surface area (Å²) < 4.78 is 0. The van der Waals surface area contributed by atoms with Crippen LogP contribution in [0.2, 0.25) is 0 Å².